The number of pyridine rings is 1. The van der Waals surface area contributed by atoms with Crippen molar-refractivity contribution in [3.05, 3.63) is 41.5 Å². The van der Waals surface area contributed by atoms with Gasteiger partial charge in [-0.15, -0.1) is 0 Å². The summed E-state index contributed by atoms with van der Waals surface area (Å²) in [7, 11) is 1.72. The van der Waals surface area contributed by atoms with E-state index in [2.05, 4.69) is 33.7 Å². The van der Waals surface area contributed by atoms with Crippen molar-refractivity contribution in [2.75, 3.05) is 19.0 Å². The van der Waals surface area contributed by atoms with E-state index in [-0.39, 0.29) is 6.04 Å². The van der Waals surface area contributed by atoms with Gasteiger partial charge in [-0.25, -0.2) is 4.98 Å². The zero-order valence-electron chi connectivity index (χ0n) is 12.6. The summed E-state index contributed by atoms with van der Waals surface area (Å²) in [5, 5.41) is 3.40. The first-order chi connectivity index (χ1) is 9.61. The molecule has 5 nitrogen and oxygen atoms in total. The maximum atomic E-state index is 5.22. The zero-order chi connectivity index (χ0) is 14.5. The van der Waals surface area contributed by atoms with Crippen molar-refractivity contribution >= 4 is 5.95 Å². The monoisotopic (exact) mass is 274 g/mol. The summed E-state index contributed by atoms with van der Waals surface area (Å²) in [6.45, 7) is 7.59. The summed E-state index contributed by atoms with van der Waals surface area (Å²) in [6.07, 6.45) is 5.74. The lowest BCUT2D eigenvalue weighted by Crippen LogP contribution is -2.14. The van der Waals surface area contributed by atoms with Gasteiger partial charge in [0, 0.05) is 32.2 Å². The van der Waals surface area contributed by atoms with E-state index in [1.807, 2.05) is 31.6 Å². The number of imidazole rings is 1. The summed E-state index contributed by atoms with van der Waals surface area (Å²) in [5.74, 6) is 0.878. The van der Waals surface area contributed by atoms with Gasteiger partial charge in [0.2, 0.25) is 5.95 Å². The second-order valence-corrected chi connectivity index (χ2v) is 5.07. The van der Waals surface area contributed by atoms with Crippen molar-refractivity contribution < 1.29 is 4.74 Å². The van der Waals surface area contributed by atoms with Gasteiger partial charge < -0.3 is 14.6 Å². The highest BCUT2D eigenvalue weighted by Gasteiger charge is 2.11. The Morgan fingerprint density at radius 3 is 2.90 bits per heavy atom. The van der Waals surface area contributed by atoms with Crippen LogP contribution in [0.15, 0.2) is 24.7 Å². The Labute approximate surface area is 120 Å². The molecule has 0 saturated carbocycles. The Balaban J connectivity index is 2.11. The first-order valence-corrected chi connectivity index (χ1v) is 6.79. The number of nitrogens with zero attached hydrogens (tertiary/aromatic N) is 3. The SMILES string of the molecule is COCC(C)n1cc(C)nc1NCc1ccncc1C. The van der Waals surface area contributed by atoms with Crippen LogP contribution in [0.3, 0.4) is 0 Å². The fourth-order valence-electron chi connectivity index (χ4n) is 2.18. The Morgan fingerprint density at radius 1 is 1.40 bits per heavy atom. The van der Waals surface area contributed by atoms with Gasteiger partial charge >= 0.3 is 0 Å². The molecule has 0 fully saturated rings. The number of aryl methyl sites for hydroxylation is 2. The van der Waals surface area contributed by atoms with Crippen LogP contribution < -0.4 is 5.32 Å². The molecule has 20 heavy (non-hydrogen) atoms. The highest BCUT2D eigenvalue weighted by molar-refractivity contribution is 5.33. The molecule has 2 heterocycles. The average Bonchev–Trinajstić information content (AvgIpc) is 2.79. The zero-order valence-corrected chi connectivity index (χ0v) is 12.6. The summed E-state index contributed by atoms with van der Waals surface area (Å²) in [5.41, 5.74) is 3.41. The minimum absolute atomic E-state index is 0.252. The van der Waals surface area contributed by atoms with Gasteiger partial charge in [0.15, 0.2) is 0 Å². The molecule has 1 N–H and O–H groups in total. The van der Waals surface area contributed by atoms with Gasteiger partial charge in [0.25, 0.3) is 0 Å². The molecule has 5 heteroatoms. The third kappa shape index (κ3) is 3.36. The molecule has 108 valence electrons. The molecule has 0 radical (unpaired) electrons. The van der Waals surface area contributed by atoms with Crippen LogP contribution in [0.4, 0.5) is 5.95 Å². The van der Waals surface area contributed by atoms with Gasteiger partial charge in [-0.2, -0.15) is 0 Å². The minimum atomic E-state index is 0.252. The fourth-order valence-corrected chi connectivity index (χ4v) is 2.18. The first kappa shape index (κ1) is 14.5. The van der Waals surface area contributed by atoms with Crippen molar-refractivity contribution in [2.45, 2.75) is 33.4 Å². The van der Waals surface area contributed by atoms with Crippen molar-refractivity contribution in [1.29, 1.82) is 0 Å². The smallest absolute Gasteiger partial charge is 0.203 e. The summed E-state index contributed by atoms with van der Waals surface area (Å²) >= 11 is 0. The molecule has 0 spiro atoms. The van der Waals surface area contributed by atoms with Crippen LogP contribution >= 0.6 is 0 Å². The number of hydrogen-bond donors (Lipinski definition) is 1. The predicted molar refractivity (Wildman–Crippen MR) is 79.9 cm³/mol. The largest absolute Gasteiger partial charge is 0.383 e. The van der Waals surface area contributed by atoms with Crippen molar-refractivity contribution in [2.24, 2.45) is 0 Å². The van der Waals surface area contributed by atoms with Crippen LogP contribution in [-0.2, 0) is 11.3 Å². The van der Waals surface area contributed by atoms with E-state index in [9.17, 15) is 0 Å². The Hall–Kier alpha value is -1.88. The Bertz CT molecular complexity index is 565. The average molecular weight is 274 g/mol. The summed E-state index contributed by atoms with van der Waals surface area (Å²) < 4.78 is 7.34. The second-order valence-electron chi connectivity index (χ2n) is 5.07. The topological polar surface area (TPSA) is 52.0 Å². The molecule has 0 aliphatic carbocycles. The van der Waals surface area contributed by atoms with E-state index in [0.717, 1.165) is 18.2 Å². The standard InChI is InChI=1S/C15H22N4O/c1-11-7-16-6-5-14(11)8-17-15-18-12(2)9-19(15)13(3)10-20-4/h5-7,9,13H,8,10H2,1-4H3,(H,17,18). The van der Waals surface area contributed by atoms with E-state index < -0.39 is 0 Å². The third-order valence-electron chi connectivity index (χ3n) is 3.31. The maximum Gasteiger partial charge on any atom is 0.203 e. The minimum Gasteiger partial charge on any atom is -0.383 e. The molecule has 0 amide bonds. The Kier molecular flexibility index (Phi) is 4.74. The van der Waals surface area contributed by atoms with Crippen molar-refractivity contribution in [1.82, 2.24) is 14.5 Å². The number of aromatic nitrogens is 3. The molecular weight excluding hydrogens is 252 g/mol. The fraction of sp³-hybridized carbons (Fsp3) is 0.467. The van der Waals surface area contributed by atoms with E-state index in [1.165, 1.54) is 11.1 Å². The van der Waals surface area contributed by atoms with E-state index >= 15 is 0 Å². The normalized spacial score (nSPS) is 12.4. The van der Waals surface area contributed by atoms with Gasteiger partial charge in [0.05, 0.1) is 18.3 Å². The van der Waals surface area contributed by atoms with Crippen molar-refractivity contribution in [3.63, 3.8) is 0 Å². The molecule has 0 bridgehead atoms. The lowest BCUT2D eigenvalue weighted by molar-refractivity contribution is 0.163. The van der Waals surface area contributed by atoms with Gasteiger partial charge in [-0.3, -0.25) is 4.98 Å². The van der Waals surface area contributed by atoms with E-state index in [4.69, 9.17) is 4.74 Å². The van der Waals surface area contributed by atoms with E-state index in [1.54, 1.807) is 7.11 Å². The number of ether oxygens (including phenoxy) is 1. The third-order valence-corrected chi connectivity index (χ3v) is 3.31. The summed E-state index contributed by atoms with van der Waals surface area (Å²) in [4.78, 5) is 8.65. The van der Waals surface area contributed by atoms with Crippen LogP contribution in [-0.4, -0.2) is 28.3 Å². The van der Waals surface area contributed by atoms with Gasteiger partial charge in [-0.1, -0.05) is 0 Å². The Morgan fingerprint density at radius 2 is 2.20 bits per heavy atom. The highest BCUT2D eigenvalue weighted by Crippen LogP contribution is 2.17. The van der Waals surface area contributed by atoms with E-state index in [0.29, 0.717) is 6.61 Å². The van der Waals surface area contributed by atoms with Crippen LogP contribution in [0.5, 0.6) is 0 Å². The number of rotatable bonds is 6. The van der Waals surface area contributed by atoms with Gasteiger partial charge in [0.1, 0.15) is 0 Å². The first-order valence-electron chi connectivity index (χ1n) is 6.79. The van der Waals surface area contributed by atoms with Crippen LogP contribution in [0.2, 0.25) is 0 Å². The molecule has 1 unspecified atom stereocenters. The predicted octanol–water partition coefficient (Wildman–Crippen LogP) is 2.71. The lowest BCUT2D eigenvalue weighted by atomic mass is 10.1. The van der Waals surface area contributed by atoms with Crippen LogP contribution in [0.1, 0.15) is 29.8 Å². The quantitative estimate of drug-likeness (QED) is 0.880. The van der Waals surface area contributed by atoms with Crippen LogP contribution in [0, 0.1) is 13.8 Å². The molecule has 0 aromatic carbocycles. The molecule has 1 atom stereocenters. The molecule has 0 aliphatic heterocycles. The molecule has 2 aromatic heterocycles. The highest BCUT2D eigenvalue weighted by atomic mass is 16.5. The molecule has 0 saturated heterocycles. The lowest BCUT2D eigenvalue weighted by Gasteiger charge is -2.16. The second kappa shape index (κ2) is 6.52. The number of anilines is 1. The van der Waals surface area contributed by atoms with Crippen molar-refractivity contribution in [3.8, 4) is 0 Å². The number of methoxy groups -OCH3 is 1. The molecule has 2 aromatic rings. The van der Waals surface area contributed by atoms with Crippen LogP contribution in [0.25, 0.3) is 0 Å². The molecular formula is C15H22N4O. The van der Waals surface area contributed by atoms with Gasteiger partial charge in [-0.05, 0) is 38.0 Å². The number of nitrogens with one attached hydrogen (secondary N) is 1. The number of hydrogen-bond acceptors (Lipinski definition) is 4. The molecule has 2 rings (SSSR count). The summed E-state index contributed by atoms with van der Waals surface area (Å²) in [6, 6.07) is 2.28. The maximum absolute atomic E-state index is 5.22. The molecule has 0 aliphatic rings.